The minimum absolute atomic E-state index is 0.0347. The Balaban J connectivity index is 1.65. The van der Waals surface area contributed by atoms with Gasteiger partial charge in [-0.25, -0.2) is 18.2 Å². The second-order valence-corrected chi connectivity index (χ2v) is 8.26. The lowest BCUT2D eigenvalue weighted by atomic mass is 9.99. The fourth-order valence-corrected chi connectivity index (χ4v) is 4.45. The van der Waals surface area contributed by atoms with Gasteiger partial charge in [0.2, 0.25) is 0 Å². The van der Waals surface area contributed by atoms with Crippen molar-refractivity contribution >= 4 is 5.69 Å². The SMILES string of the molecule is C[C@@H]1CN(c2c(C3OCCO3)cc(-c3ocnc3-c3ccc(F)cc3)c(F)c2F)C[C@H](C)O1. The molecule has 9 heteroatoms. The summed E-state index contributed by atoms with van der Waals surface area (Å²) >= 11 is 0. The van der Waals surface area contributed by atoms with E-state index in [-0.39, 0.29) is 34.9 Å². The molecule has 0 unspecified atom stereocenters. The van der Waals surface area contributed by atoms with Crippen LogP contribution in [0.25, 0.3) is 22.6 Å². The summed E-state index contributed by atoms with van der Waals surface area (Å²) in [5.41, 5.74) is 1.12. The molecule has 0 radical (unpaired) electrons. The standard InChI is InChI=1S/C24H23F3N2O4/c1-13-10-29(11-14(2)33-13)22-18(24-30-7-8-31-24)9-17(19(26)20(22)27)23-21(28-12-32-23)15-3-5-16(25)6-4-15/h3-6,9,12-14,24H,7-8,10-11H2,1-2H3/t13-,14+. The van der Waals surface area contributed by atoms with Crippen LogP contribution in [0, 0.1) is 17.5 Å². The number of rotatable bonds is 4. The van der Waals surface area contributed by atoms with E-state index in [1.165, 1.54) is 30.3 Å². The van der Waals surface area contributed by atoms with Gasteiger partial charge in [0.05, 0.1) is 36.7 Å². The minimum atomic E-state index is -1.07. The monoisotopic (exact) mass is 460 g/mol. The van der Waals surface area contributed by atoms with E-state index >= 15 is 8.78 Å². The molecule has 2 saturated heterocycles. The van der Waals surface area contributed by atoms with E-state index in [9.17, 15) is 4.39 Å². The van der Waals surface area contributed by atoms with E-state index < -0.39 is 23.7 Å². The Kier molecular flexibility index (Phi) is 5.86. The maximum atomic E-state index is 15.7. The number of hydrogen-bond acceptors (Lipinski definition) is 6. The molecule has 1 aromatic heterocycles. The van der Waals surface area contributed by atoms with Crippen molar-refractivity contribution in [2.75, 3.05) is 31.2 Å². The van der Waals surface area contributed by atoms with Crippen LogP contribution in [0.1, 0.15) is 25.7 Å². The lowest BCUT2D eigenvalue weighted by molar-refractivity contribution is -0.0446. The number of benzene rings is 2. The number of aromatic nitrogens is 1. The molecule has 0 spiro atoms. The fourth-order valence-electron chi connectivity index (χ4n) is 4.45. The highest BCUT2D eigenvalue weighted by Crippen LogP contribution is 2.42. The molecule has 6 nitrogen and oxygen atoms in total. The van der Waals surface area contributed by atoms with Crippen molar-refractivity contribution in [1.82, 2.24) is 4.98 Å². The summed E-state index contributed by atoms with van der Waals surface area (Å²) in [6.07, 6.45) is -0.0196. The Morgan fingerprint density at radius 2 is 1.61 bits per heavy atom. The van der Waals surface area contributed by atoms with Gasteiger partial charge in [-0.3, -0.25) is 0 Å². The van der Waals surface area contributed by atoms with E-state index in [4.69, 9.17) is 18.6 Å². The van der Waals surface area contributed by atoms with Crippen LogP contribution in [0.5, 0.6) is 0 Å². The highest BCUT2D eigenvalue weighted by Gasteiger charge is 2.34. The zero-order chi connectivity index (χ0) is 23.1. The number of anilines is 1. The largest absolute Gasteiger partial charge is 0.443 e. The van der Waals surface area contributed by atoms with Crippen LogP contribution < -0.4 is 4.90 Å². The first-order chi connectivity index (χ1) is 15.9. The van der Waals surface area contributed by atoms with E-state index in [2.05, 4.69) is 4.98 Å². The van der Waals surface area contributed by atoms with Gasteiger partial charge >= 0.3 is 0 Å². The molecule has 174 valence electrons. The summed E-state index contributed by atoms with van der Waals surface area (Å²) in [7, 11) is 0. The first kappa shape index (κ1) is 21.9. The van der Waals surface area contributed by atoms with Crippen LogP contribution in [-0.4, -0.2) is 43.5 Å². The quantitative estimate of drug-likeness (QED) is 0.541. The smallest absolute Gasteiger partial charge is 0.186 e. The molecular weight excluding hydrogens is 437 g/mol. The van der Waals surface area contributed by atoms with Crippen LogP contribution >= 0.6 is 0 Å². The number of oxazole rings is 1. The van der Waals surface area contributed by atoms with Crippen molar-refractivity contribution in [2.45, 2.75) is 32.3 Å². The van der Waals surface area contributed by atoms with Gasteiger partial charge in [-0.2, -0.15) is 0 Å². The van der Waals surface area contributed by atoms with Gasteiger partial charge in [0.25, 0.3) is 0 Å². The van der Waals surface area contributed by atoms with E-state index in [1.54, 1.807) is 4.90 Å². The van der Waals surface area contributed by atoms with Crippen LogP contribution in [0.3, 0.4) is 0 Å². The Morgan fingerprint density at radius 3 is 2.27 bits per heavy atom. The minimum Gasteiger partial charge on any atom is -0.443 e. The molecule has 2 aliphatic heterocycles. The summed E-state index contributed by atoms with van der Waals surface area (Å²) in [5.74, 6) is -2.48. The molecule has 2 atom stereocenters. The predicted molar refractivity (Wildman–Crippen MR) is 114 cm³/mol. The summed E-state index contributed by atoms with van der Waals surface area (Å²) in [5, 5.41) is 0. The lowest BCUT2D eigenvalue weighted by Gasteiger charge is -2.38. The average molecular weight is 460 g/mol. The zero-order valence-electron chi connectivity index (χ0n) is 18.2. The lowest BCUT2D eigenvalue weighted by Crippen LogP contribution is -2.46. The highest BCUT2D eigenvalue weighted by molar-refractivity contribution is 5.79. The number of hydrogen-bond donors (Lipinski definition) is 0. The van der Waals surface area contributed by atoms with Gasteiger partial charge in [0.1, 0.15) is 11.5 Å². The van der Waals surface area contributed by atoms with Gasteiger partial charge in [0, 0.05) is 24.2 Å². The zero-order valence-corrected chi connectivity index (χ0v) is 18.2. The van der Waals surface area contributed by atoms with Gasteiger partial charge in [0.15, 0.2) is 30.1 Å². The Bertz CT molecular complexity index is 1140. The van der Waals surface area contributed by atoms with Crippen molar-refractivity contribution in [3.63, 3.8) is 0 Å². The third-order valence-electron chi connectivity index (χ3n) is 5.75. The molecule has 0 bridgehead atoms. The third-order valence-corrected chi connectivity index (χ3v) is 5.75. The number of nitrogens with zero attached hydrogens (tertiary/aromatic N) is 2. The molecule has 2 fully saturated rings. The maximum absolute atomic E-state index is 15.7. The molecule has 2 aliphatic rings. The summed E-state index contributed by atoms with van der Waals surface area (Å²) in [6.45, 7) is 5.24. The highest BCUT2D eigenvalue weighted by atomic mass is 19.2. The Morgan fingerprint density at radius 1 is 0.939 bits per heavy atom. The van der Waals surface area contributed by atoms with Gasteiger partial charge < -0.3 is 23.5 Å². The Labute approximate surface area is 188 Å². The second-order valence-electron chi connectivity index (χ2n) is 8.26. The maximum Gasteiger partial charge on any atom is 0.186 e. The molecule has 33 heavy (non-hydrogen) atoms. The molecule has 0 amide bonds. The number of halogens is 3. The van der Waals surface area contributed by atoms with Gasteiger partial charge in [-0.1, -0.05) is 0 Å². The molecule has 0 saturated carbocycles. The molecule has 5 rings (SSSR count). The van der Waals surface area contributed by atoms with Gasteiger partial charge in [-0.15, -0.1) is 0 Å². The fraction of sp³-hybridized carbons (Fsp3) is 0.375. The molecule has 0 aliphatic carbocycles. The normalized spacial score (nSPS) is 21.7. The van der Waals surface area contributed by atoms with Crippen LogP contribution in [0.4, 0.5) is 18.9 Å². The first-order valence-corrected chi connectivity index (χ1v) is 10.8. The molecule has 2 aromatic carbocycles. The van der Waals surface area contributed by atoms with E-state index in [0.29, 0.717) is 37.4 Å². The van der Waals surface area contributed by atoms with Crippen molar-refractivity contribution in [3.05, 3.63) is 59.7 Å². The summed E-state index contributed by atoms with van der Waals surface area (Å²) in [4.78, 5) is 5.92. The van der Waals surface area contributed by atoms with E-state index in [1.807, 2.05) is 13.8 Å². The van der Waals surface area contributed by atoms with Crippen LogP contribution in [-0.2, 0) is 14.2 Å². The molecule has 0 N–H and O–H groups in total. The van der Waals surface area contributed by atoms with Gasteiger partial charge in [-0.05, 0) is 44.2 Å². The average Bonchev–Trinajstić information content (AvgIpc) is 3.48. The molecular formula is C24H23F3N2O4. The third kappa shape index (κ3) is 4.12. The van der Waals surface area contributed by atoms with Crippen molar-refractivity contribution in [3.8, 4) is 22.6 Å². The molecule has 3 aromatic rings. The second kappa shape index (κ2) is 8.81. The number of ether oxygens (including phenoxy) is 3. The van der Waals surface area contributed by atoms with Crippen LogP contribution in [0.2, 0.25) is 0 Å². The van der Waals surface area contributed by atoms with Crippen molar-refractivity contribution < 1.29 is 31.8 Å². The summed E-state index contributed by atoms with van der Waals surface area (Å²) in [6, 6.07) is 7.02. The summed E-state index contributed by atoms with van der Waals surface area (Å²) < 4.78 is 67.2. The van der Waals surface area contributed by atoms with Crippen molar-refractivity contribution in [2.24, 2.45) is 0 Å². The van der Waals surface area contributed by atoms with Crippen molar-refractivity contribution in [1.29, 1.82) is 0 Å². The number of morpholine rings is 1. The Hall–Kier alpha value is -2.88. The van der Waals surface area contributed by atoms with Crippen LogP contribution in [0.15, 0.2) is 41.1 Å². The predicted octanol–water partition coefficient (Wildman–Crippen LogP) is 5.08. The first-order valence-electron chi connectivity index (χ1n) is 10.8. The van der Waals surface area contributed by atoms with E-state index in [0.717, 1.165) is 6.39 Å². The topological polar surface area (TPSA) is 57.0 Å². The molecule has 3 heterocycles.